The second-order valence-corrected chi connectivity index (χ2v) is 5.43. The maximum absolute atomic E-state index is 14.0. The quantitative estimate of drug-likeness (QED) is 0.561. The number of anilines is 1. The van der Waals surface area contributed by atoms with Gasteiger partial charge in [0.25, 0.3) is 0 Å². The third kappa shape index (κ3) is 2.50. The Morgan fingerprint density at radius 2 is 2.19 bits per heavy atom. The lowest BCUT2D eigenvalue weighted by Crippen LogP contribution is -2.05. The van der Waals surface area contributed by atoms with Gasteiger partial charge >= 0.3 is 0 Å². The summed E-state index contributed by atoms with van der Waals surface area (Å²) in [5.41, 5.74) is 7.91. The van der Waals surface area contributed by atoms with E-state index in [1.165, 1.54) is 6.07 Å². The molecule has 0 aliphatic carbocycles. The molecule has 2 heterocycles. The molecule has 3 N–H and O–H groups in total. The van der Waals surface area contributed by atoms with Crippen LogP contribution in [0.5, 0.6) is 0 Å². The number of nitrogens with two attached hydrogens (primary N) is 1. The average Bonchev–Trinajstić information content (AvgIpc) is 2.70. The van der Waals surface area contributed by atoms with Gasteiger partial charge in [-0.1, -0.05) is 23.7 Å². The Kier molecular flexibility index (Phi) is 3.38. The van der Waals surface area contributed by atoms with E-state index in [0.29, 0.717) is 21.5 Å². The summed E-state index contributed by atoms with van der Waals surface area (Å²) in [6.07, 6.45) is 0. The first-order valence-electron chi connectivity index (χ1n) is 6.12. The maximum atomic E-state index is 14.0. The molecule has 0 radical (unpaired) electrons. The average molecular weight is 324 g/mol. The van der Waals surface area contributed by atoms with Crippen molar-refractivity contribution < 1.29 is 4.39 Å². The number of aromatic amines is 1. The molecule has 1 aromatic carbocycles. The fraction of sp³-hybridized carbons (Fsp3) is 0.154. The van der Waals surface area contributed by atoms with Gasteiger partial charge in [0.15, 0.2) is 15.6 Å². The van der Waals surface area contributed by atoms with Crippen molar-refractivity contribution >= 4 is 40.9 Å². The number of hydrogen-bond acceptors (Lipinski definition) is 4. The highest BCUT2D eigenvalue weighted by Crippen LogP contribution is 2.22. The number of benzene rings is 1. The van der Waals surface area contributed by atoms with Crippen molar-refractivity contribution in [1.29, 1.82) is 0 Å². The molecule has 5 nitrogen and oxygen atoms in total. The first-order valence-corrected chi connectivity index (χ1v) is 6.91. The zero-order valence-corrected chi connectivity index (χ0v) is 12.6. The minimum atomic E-state index is -0.292. The predicted molar refractivity (Wildman–Crippen MR) is 82.4 cm³/mol. The molecule has 0 saturated carbocycles. The van der Waals surface area contributed by atoms with E-state index < -0.39 is 0 Å². The zero-order chi connectivity index (χ0) is 15.1. The third-order valence-electron chi connectivity index (χ3n) is 3.13. The van der Waals surface area contributed by atoms with E-state index in [0.717, 1.165) is 5.56 Å². The fourth-order valence-electron chi connectivity index (χ4n) is 2.11. The number of fused-ring (bicyclic) bond motifs is 1. The predicted octanol–water partition coefficient (Wildman–Crippen LogP) is 3.22. The van der Waals surface area contributed by atoms with Crippen LogP contribution < -0.4 is 5.73 Å². The molecule has 0 saturated heterocycles. The summed E-state index contributed by atoms with van der Waals surface area (Å²) in [6.45, 7) is 2.07. The summed E-state index contributed by atoms with van der Waals surface area (Å²) in [5.74, 6) is -0.251. The SMILES string of the molecule is Cc1ccc(Cn2c(=S)[nH]c3c(Cl)nc(N)nc32)c(F)c1. The van der Waals surface area contributed by atoms with Crippen molar-refractivity contribution in [3.63, 3.8) is 0 Å². The number of nitrogens with zero attached hydrogens (tertiary/aromatic N) is 3. The number of aromatic nitrogens is 4. The summed E-state index contributed by atoms with van der Waals surface area (Å²) in [6, 6.07) is 5.04. The van der Waals surface area contributed by atoms with Crippen LogP contribution in [0.15, 0.2) is 18.2 Å². The maximum Gasteiger partial charge on any atom is 0.223 e. The molecular formula is C13H11ClFN5S. The van der Waals surface area contributed by atoms with Gasteiger partial charge in [-0.2, -0.15) is 9.97 Å². The second-order valence-electron chi connectivity index (χ2n) is 4.68. The Hall–Kier alpha value is -1.99. The van der Waals surface area contributed by atoms with Gasteiger partial charge in [-0.3, -0.25) is 4.57 Å². The first-order chi connectivity index (χ1) is 9.95. The normalized spacial score (nSPS) is 11.2. The van der Waals surface area contributed by atoms with Crippen molar-refractivity contribution in [2.24, 2.45) is 0 Å². The number of aryl methyl sites for hydroxylation is 1. The van der Waals surface area contributed by atoms with E-state index in [9.17, 15) is 4.39 Å². The lowest BCUT2D eigenvalue weighted by Gasteiger charge is -2.06. The van der Waals surface area contributed by atoms with Crippen LogP contribution in [0.1, 0.15) is 11.1 Å². The smallest absolute Gasteiger partial charge is 0.223 e. The molecule has 0 aliphatic rings. The van der Waals surface area contributed by atoms with E-state index in [2.05, 4.69) is 15.0 Å². The first kappa shape index (κ1) is 14.0. The molecule has 0 atom stereocenters. The Balaban J connectivity index is 2.16. The van der Waals surface area contributed by atoms with Crippen molar-refractivity contribution in [1.82, 2.24) is 19.5 Å². The lowest BCUT2D eigenvalue weighted by atomic mass is 10.1. The van der Waals surface area contributed by atoms with Crippen LogP contribution in [-0.2, 0) is 6.54 Å². The molecule has 3 rings (SSSR count). The van der Waals surface area contributed by atoms with Crippen LogP contribution in [0.3, 0.4) is 0 Å². The van der Waals surface area contributed by atoms with Crippen molar-refractivity contribution in [2.75, 3.05) is 5.73 Å². The lowest BCUT2D eigenvalue weighted by molar-refractivity contribution is 0.599. The summed E-state index contributed by atoms with van der Waals surface area (Å²) in [7, 11) is 0. The highest BCUT2D eigenvalue weighted by molar-refractivity contribution is 7.71. The number of imidazole rings is 1. The van der Waals surface area contributed by atoms with Gasteiger partial charge in [0, 0.05) is 5.56 Å². The van der Waals surface area contributed by atoms with E-state index in [-0.39, 0.29) is 23.5 Å². The topological polar surface area (TPSA) is 72.5 Å². The van der Waals surface area contributed by atoms with Gasteiger partial charge < -0.3 is 10.7 Å². The van der Waals surface area contributed by atoms with Crippen LogP contribution in [0, 0.1) is 17.5 Å². The Morgan fingerprint density at radius 1 is 1.43 bits per heavy atom. The molecule has 0 spiro atoms. The molecule has 108 valence electrons. The third-order valence-corrected chi connectivity index (χ3v) is 3.73. The van der Waals surface area contributed by atoms with Crippen molar-refractivity contribution in [3.8, 4) is 0 Å². The summed E-state index contributed by atoms with van der Waals surface area (Å²) in [5, 5.41) is 0.187. The molecule has 3 aromatic rings. The monoisotopic (exact) mass is 323 g/mol. The highest BCUT2D eigenvalue weighted by Gasteiger charge is 2.13. The summed E-state index contributed by atoms with van der Waals surface area (Å²) >= 11 is 11.2. The van der Waals surface area contributed by atoms with Gasteiger partial charge in [0.1, 0.15) is 11.3 Å². The summed E-state index contributed by atoms with van der Waals surface area (Å²) in [4.78, 5) is 10.9. The molecule has 0 bridgehead atoms. The van der Waals surface area contributed by atoms with Crippen LogP contribution in [0.25, 0.3) is 11.2 Å². The Bertz CT molecular complexity index is 901. The van der Waals surface area contributed by atoms with Gasteiger partial charge in [-0.15, -0.1) is 0 Å². The molecule has 21 heavy (non-hydrogen) atoms. The van der Waals surface area contributed by atoms with Crippen molar-refractivity contribution in [2.45, 2.75) is 13.5 Å². The number of hydrogen-bond donors (Lipinski definition) is 2. The molecule has 0 unspecified atom stereocenters. The second kappa shape index (κ2) is 5.09. The van der Waals surface area contributed by atoms with Gasteiger partial charge in [-0.25, -0.2) is 4.39 Å². The number of H-pyrrole nitrogens is 1. The summed E-state index contributed by atoms with van der Waals surface area (Å²) < 4.78 is 16.0. The van der Waals surface area contributed by atoms with Gasteiger partial charge in [0.2, 0.25) is 5.95 Å². The van der Waals surface area contributed by atoms with Crippen LogP contribution >= 0.6 is 23.8 Å². The largest absolute Gasteiger partial charge is 0.368 e. The number of rotatable bonds is 2. The van der Waals surface area contributed by atoms with Crippen LogP contribution in [0.4, 0.5) is 10.3 Å². The standard InChI is InChI=1S/C13H11ClFN5S/c1-6-2-3-7(8(15)4-6)5-20-11-9(17-13(20)21)10(14)18-12(16)19-11/h2-4H,5H2,1H3,(H,17,21)(H2,16,18,19). The molecule has 0 fully saturated rings. The van der Waals surface area contributed by atoms with E-state index in [4.69, 9.17) is 29.6 Å². The van der Waals surface area contributed by atoms with Crippen LogP contribution in [0.2, 0.25) is 5.15 Å². The van der Waals surface area contributed by atoms with Gasteiger partial charge in [0.05, 0.1) is 6.54 Å². The molecule has 8 heteroatoms. The highest BCUT2D eigenvalue weighted by atomic mass is 35.5. The van der Waals surface area contributed by atoms with Gasteiger partial charge in [-0.05, 0) is 30.8 Å². The van der Waals surface area contributed by atoms with Crippen molar-refractivity contribution in [3.05, 3.63) is 45.1 Å². The molecule has 0 aliphatic heterocycles. The molecule has 0 amide bonds. The molecule has 2 aromatic heterocycles. The Labute approximate surface area is 129 Å². The van der Waals surface area contributed by atoms with E-state index in [1.54, 1.807) is 10.6 Å². The van der Waals surface area contributed by atoms with E-state index in [1.807, 2.05) is 13.0 Å². The van der Waals surface area contributed by atoms with Crippen LogP contribution in [-0.4, -0.2) is 19.5 Å². The Morgan fingerprint density at radius 3 is 2.90 bits per heavy atom. The minimum Gasteiger partial charge on any atom is -0.368 e. The van der Waals surface area contributed by atoms with E-state index >= 15 is 0 Å². The minimum absolute atomic E-state index is 0.0413. The number of nitrogens with one attached hydrogen (secondary N) is 1. The zero-order valence-electron chi connectivity index (χ0n) is 11.0. The number of nitrogen functional groups attached to an aromatic ring is 1. The number of halogens is 2. The fourth-order valence-corrected chi connectivity index (χ4v) is 2.58. The molecular weight excluding hydrogens is 313 g/mol.